The van der Waals surface area contributed by atoms with Gasteiger partial charge in [0.05, 0.1) is 31.0 Å². The van der Waals surface area contributed by atoms with Crippen LogP contribution in [0.1, 0.15) is 73.1 Å². The number of hydrogen-bond acceptors (Lipinski definition) is 5. The Morgan fingerprint density at radius 2 is 1.81 bits per heavy atom. The van der Waals surface area contributed by atoms with Crippen LogP contribution in [0.15, 0.2) is 54.7 Å². The molecule has 1 aromatic heterocycles. The van der Waals surface area contributed by atoms with Crippen molar-refractivity contribution in [2.45, 2.75) is 51.5 Å². The van der Waals surface area contributed by atoms with Crippen LogP contribution in [0.5, 0.6) is 5.75 Å². The van der Waals surface area contributed by atoms with Crippen LogP contribution in [0.2, 0.25) is 0 Å². The summed E-state index contributed by atoms with van der Waals surface area (Å²) in [5.41, 5.74) is 4.81. The van der Waals surface area contributed by atoms with Gasteiger partial charge in [-0.2, -0.15) is 5.10 Å². The number of ether oxygens (including phenoxy) is 1. The lowest BCUT2D eigenvalue weighted by molar-refractivity contribution is -0.137. The lowest BCUT2D eigenvalue weighted by Crippen LogP contribution is -2.29. The normalized spacial score (nSPS) is 13.9. The molecule has 1 saturated carbocycles. The fraction of sp³-hybridized carbons (Fsp3) is 0.414. The summed E-state index contributed by atoms with van der Waals surface area (Å²) in [6.07, 6.45) is 5.32. The van der Waals surface area contributed by atoms with E-state index >= 15 is 0 Å². The molecule has 2 N–H and O–H groups in total. The summed E-state index contributed by atoms with van der Waals surface area (Å²) in [5, 5.41) is 17.6. The molecule has 37 heavy (non-hydrogen) atoms. The van der Waals surface area contributed by atoms with E-state index < -0.39 is 5.97 Å². The summed E-state index contributed by atoms with van der Waals surface area (Å²) in [7, 11) is 3.28. The Kier molecular flexibility index (Phi) is 8.16. The van der Waals surface area contributed by atoms with Crippen molar-refractivity contribution in [3.05, 3.63) is 71.5 Å². The molecule has 1 aliphatic rings. The molecule has 2 aromatic carbocycles. The molecule has 8 heteroatoms. The van der Waals surface area contributed by atoms with E-state index in [0.29, 0.717) is 17.4 Å². The van der Waals surface area contributed by atoms with Gasteiger partial charge in [-0.25, -0.2) is 4.68 Å². The zero-order chi connectivity index (χ0) is 26.5. The number of carboxylic acid groups (broad SMARTS) is 1. The zero-order valence-electron chi connectivity index (χ0n) is 22.0. The highest BCUT2D eigenvalue weighted by Crippen LogP contribution is 2.44. The first-order valence-electron chi connectivity index (χ1n) is 12.8. The number of nitrogens with one attached hydrogen (secondary N) is 1. The highest BCUT2D eigenvalue weighted by Gasteiger charge is 2.32. The number of carboxylic acids is 1. The van der Waals surface area contributed by atoms with Crippen molar-refractivity contribution >= 4 is 17.6 Å². The van der Waals surface area contributed by atoms with Crippen molar-refractivity contribution in [3.8, 4) is 11.4 Å². The van der Waals surface area contributed by atoms with Crippen LogP contribution in [-0.4, -0.2) is 52.4 Å². The standard InChI is InChI=1S/C29H36N4O4/c1-19(2)17-26(30-22-9-7-21(8-10-22)29(36)32(3)16-15-27(34)35)25-18-33(31-28(25)20-5-6-20)23-11-13-24(37-4)14-12-23/h7-14,18-20,26,30H,5-6,15-17H2,1-4H3,(H,34,35). The summed E-state index contributed by atoms with van der Waals surface area (Å²) < 4.78 is 7.27. The molecule has 196 valence electrons. The van der Waals surface area contributed by atoms with Crippen LogP contribution in [0.25, 0.3) is 5.69 Å². The van der Waals surface area contributed by atoms with Gasteiger partial charge in [-0.15, -0.1) is 0 Å². The summed E-state index contributed by atoms with van der Waals surface area (Å²) >= 11 is 0. The molecule has 1 amide bonds. The quantitative estimate of drug-likeness (QED) is 0.338. The minimum Gasteiger partial charge on any atom is -0.497 e. The Morgan fingerprint density at radius 3 is 2.38 bits per heavy atom. The van der Waals surface area contributed by atoms with Crippen LogP contribution in [0.4, 0.5) is 5.69 Å². The van der Waals surface area contributed by atoms with Crippen LogP contribution < -0.4 is 10.1 Å². The monoisotopic (exact) mass is 504 g/mol. The molecule has 0 aliphatic heterocycles. The predicted octanol–water partition coefficient (Wildman–Crippen LogP) is 5.50. The number of aromatic nitrogens is 2. The number of carbonyl (C=O) groups is 2. The Balaban J connectivity index is 1.55. The molecule has 0 saturated heterocycles. The Labute approximate surface area is 218 Å². The van der Waals surface area contributed by atoms with Gasteiger partial charge in [0.25, 0.3) is 5.91 Å². The number of benzene rings is 2. The minimum atomic E-state index is -0.920. The van der Waals surface area contributed by atoms with Gasteiger partial charge in [0, 0.05) is 42.5 Å². The van der Waals surface area contributed by atoms with Crippen molar-refractivity contribution in [1.29, 1.82) is 0 Å². The van der Waals surface area contributed by atoms with Crippen LogP contribution in [0.3, 0.4) is 0 Å². The van der Waals surface area contributed by atoms with E-state index in [9.17, 15) is 9.59 Å². The third kappa shape index (κ3) is 6.70. The first kappa shape index (κ1) is 26.3. The van der Waals surface area contributed by atoms with E-state index in [0.717, 1.165) is 42.1 Å². The van der Waals surface area contributed by atoms with Crippen molar-refractivity contribution in [2.24, 2.45) is 5.92 Å². The van der Waals surface area contributed by atoms with Crippen LogP contribution in [0, 0.1) is 5.92 Å². The van der Waals surface area contributed by atoms with E-state index in [1.54, 1.807) is 26.3 Å². The number of rotatable bonds is 12. The number of hydrogen-bond donors (Lipinski definition) is 2. The average molecular weight is 505 g/mol. The molecule has 1 unspecified atom stereocenters. The second-order valence-corrected chi connectivity index (χ2v) is 10.2. The molecule has 0 spiro atoms. The van der Waals surface area contributed by atoms with E-state index in [-0.39, 0.29) is 24.9 Å². The second-order valence-electron chi connectivity index (χ2n) is 10.2. The van der Waals surface area contributed by atoms with E-state index in [2.05, 4.69) is 25.4 Å². The molecule has 1 fully saturated rings. The van der Waals surface area contributed by atoms with Crippen LogP contribution >= 0.6 is 0 Å². The maximum Gasteiger partial charge on any atom is 0.305 e. The number of methoxy groups -OCH3 is 1. The topological polar surface area (TPSA) is 96.7 Å². The third-order valence-corrected chi connectivity index (χ3v) is 6.64. The van der Waals surface area contributed by atoms with Crippen LogP contribution in [-0.2, 0) is 4.79 Å². The Bertz CT molecular complexity index is 1210. The van der Waals surface area contributed by atoms with Gasteiger partial charge in [0.2, 0.25) is 0 Å². The fourth-order valence-corrected chi connectivity index (χ4v) is 4.44. The van der Waals surface area contributed by atoms with Crippen molar-refractivity contribution in [2.75, 3.05) is 26.0 Å². The SMILES string of the molecule is COc1ccc(-n2cc(C(CC(C)C)Nc3ccc(C(=O)N(C)CCC(=O)O)cc3)c(C3CC3)n2)cc1. The maximum absolute atomic E-state index is 12.7. The summed E-state index contributed by atoms with van der Waals surface area (Å²) in [6.45, 7) is 4.61. The molecular formula is C29H36N4O4. The third-order valence-electron chi connectivity index (χ3n) is 6.64. The van der Waals surface area contributed by atoms with Crippen molar-refractivity contribution < 1.29 is 19.4 Å². The highest BCUT2D eigenvalue weighted by atomic mass is 16.5. The molecule has 0 radical (unpaired) electrons. The maximum atomic E-state index is 12.7. The summed E-state index contributed by atoms with van der Waals surface area (Å²) in [5.74, 6) is 0.664. The first-order chi connectivity index (χ1) is 17.7. The number of amides is 1. The summed E-state index contributed by atoms with van der Waals surface area (Å²) in [4.78, 5) is 24.9. The number of nitrogens with zero attached hydrogens (tertiary/aromatic N) is 3. The van der Waals surface area contributed by atoms with Crippen molar-refractivity contribution in [1.82, 2.24) is 14.7 Å². The largest absolute Gasteiger partial charge is 0.497 e. The van der Waals surface area contributed by atoms with Gasteiger partial charge in [-0.05, 0) is 73.7 Å². The summed E-state index contributed by atoms with van der Waals surface area (Å²) in [6, 6.07) is 15.4. The average Bonchev–Trinajstić information content (AvgIpc) is 3.64. The fourth-order valence-electron chi connectivity index (χ4n) is 4.44. The zero-order valence-corrected chi connectivity index (χ0v) is 22.0. The molecule has 8 nitrogen and oxygen atoms in total. The molecular weight excluding hydrogens is 468 g/mol. The van der Waals surface area contributed by atoms with Gasteiger partial charge in [0.1, 0.15) is 5.75 Å². The molecule has 4 rings (SSSR count). The second kappa shape index (κ2) is 11.5. The number of anilines is 1. The van der Waals surface area contributed by atoms with Gasteiger partial charge < -0.3 is 20.1 Å². The number of aliphatic carboxylic acids is 1. The lowest BCUT2D eigenvalue weighted by atomic mass is 9.95. The van der Waals surface area contributed by atoms with E-state index in [4.69, 9.17) is 14.9 Å². The minimum absolute atomic E-state index is 0.0717. The lowest BCUT2D eigenvalue weighted by Gasteiger charge is -2.22. The molecule has 1 aliphatic carbocycles. The van der Waals surface area contributed by atoms with Gasteiger partial charge in [0.15, 0.2) is 0 Å². The van der Waals surface area contributed by atoms with Gasteiger partial charge >= 0.3 is 5.97 Å². The number of carbonyl (C=O) groups excluding carboxylic acids is 1. The predicted molar refractivity (Wildman–Crippen MR) is 144 cm³/mol. The molecule has 1 heterocycles. The van der Waals surface area contributed by atoms with E-state index in [1.165, 1.54) is 10.5 Å². The smallest absolute Gasteiger partial charge is 0.305 e. The molecule has 3 aromatic rings. The Morgan fingerprint density at radius 1 is 1.14 bits per heavy atom. The first-order valence-corrected chi connectivity index (χ1v) is 12.8. The van der Waals surface area contributed by atoms with Crippen molar-refractivity contribution in [3.63, 3.8) is 0 Å². The highest BCUT2D eigenvalue weighted by molar-refractivity contribution is 5.94. The molecule has 0 bridgehead atoms. The van der Waals surface area contributed by atoms with Gasteiger partial charge in [-0.1, -0.05) is 13.8 Å². The van der Waals surface area contributed by atoms with Gasteiger partial charge in [-0.3, -0.25) is 9.59 Å². The van der Waals surface area contributed by atoms with E-state index in [1.807, 2.05) is 41.1 Å². The Hall–Kier alpha value is -3.81. The molecule has 1 atom stereocenters.